The van der Waals surface area contributed by atoms with Gasteiger partial charge in [0.15, 0.2) is 0 Å². The maximum Gasteiger partial charge on any atom is 0.237 e. The van der Waals surface area contributed by atoms with Crippen molar-refractivity contribution in [1.82, 2.24) is 10.6 Å². The molecule has 0 spiro atoms. The van der Waals surface area contributed by atoms with E-state index in [4.69, 9.17) is 4.74 Å². The van der Waals surface area contributed by atoms with Crippen molar-refractivity contribution < 1.29 is 9.53 Å². The van der Waals surface area contributed by atoms with Crippen LogP contribution in [0.3, 0.4) is 0 Å². The van der Waals surface area contributed by atoms with Crippen LogP contribution in [0.5, 0.6) is 0 Å². The summed E-state index contributed by atoms with van der Waals surface area (Å²) in [6.07, 6.45) is 6.04. The van der Waals surface area contributed by atoms with Gasteiger partial charge in [0.25, 0.3) is 0 Å². The van der Waals surface area contributed by atoms with E-state index in [2.05, 4.69) is 10.6 Å². The summed E-state index contributed by atoms with van der Waals surface area (Å²) in [5, 5.41) is 6.25. The Morgan fingerprint density at radius 2 is 2.12 bits per heavy atom. The normalized spacial score (nSPS) is 21.9. The number of amides is 1. The van der Waals surface area contributed by atoms with E-state index in [9.17, 15) is 4.79 Å². The van der Waals surface area contributed by atoms with Crippen LogP contribution in [-0.2, 0) is 9.53 Å². The van der Waals surface area contributed by atoms with Crippen molar-refractivity contribution in [3.05, 3.63) is 0 Å². The van der Waals surface area contributed by atoms with Crippen LogP contribution in [0.2, 0.25) is 0 Å². The van der Waals surface area contributed by atoms with Crippen molar-refractivity contribution in [2.75, 3.05) is 19.7 Å². The lowest BCUT2D eigenvalue weighted by Gasteiger charge is -2.20. The van der Waals surface area contributed by atoms with Crippen LogP contribution in [0.15, 0.2) is 0 Å². The molecule has 1 heterocycles. The van der Waals surface area contributed by atoms with Crippen molar-refractivity contribution in [1.29, 1.82) is 0 Å². The number of rotatable bonds is 5. The van der Waals surface area contributed by atoms with E-state index in [0.717, 1.165) is 19.4 Å². The molecule has 1 aliphatic rings. The Morgan fingerprint density at radius 3 is 2.88 bits per heavy atom. The molecule has 4 nitrogen and oxygen atoms in total. The standard InChI is InChI=1S/C13H26N2O2/c1-11(2)17-10-9-15-13(16)12-7-5-3-4-6-8-14-12/h11-12,14H,3-10H2,1-2H3,(H,15,16). The Bertz CT molecular complexity index is 211. The first-order valence-electron chi connectivity index (χ1n) is 6.83. The third kappa shape index (κ3) is 6.64. The van der Waals surface area contributed by atoms with E-state index in [1.165, 1.54) is 19.3 Å². The first-order valence-corrected chi connectivity index (χ1v) is 6.83. The maximum absolute atomic E-state index is 11.9. The third-order valence-corrected chi connectivity index (χ3v) is 2.98. The predicted octanol–water partition coefficient (Wildman–Crippen LogP) is 1.45. The number of carbonyl (C=O) groups excluding carboxylic acids is 1. The Morgan fingerprint density at radius 1 is 1.35 bits per heavy atom. The summed E-state index contributed by atoms with van der Waals surface area (Å²) in [7, 11) is 0. The summed E-state index contributed by atoms with van der Waals surface area (Å²) in [5.74, 6) is 0.124. The molecule has 0 bridgehead atoms. The monoisotopic (exact) mass is 242 g/mol. The van der Waals surface area contributed by atoms with Gasteiger partial charge in [-0.25, -0.2) is 0 Å². The third-order valence-electron chi connectivity index (χ3n) is 2.98. The smallest absolute Gasteiger partial charge is 0.237 e. The lowest BCUT2D eigenvalue weighted by molar-refractivity contribution is -0.123. The van der Waals surface area contributed by atoms with Crippen molar-refractivity contribution in [3.63, 3.8) is 0 Å². The highest BCUT2D eigenvalue weighted by Crippen LogP contribution is 2.09. The topological polar surface area (TPSA) is 50.4 Å². The zero-order valence-electron chi connectivity index (χ0n) is 11.1. The maximum atomic E-state index is 11.9. The van der Waals surface area contributed by atoms with Gasteiger partial charge in [0.2, 0.25) is 5.91 Å². The quantitative estimate of drug-likeness (QED) is 0.717. The highest BCUT2D eigenvalue weighted by Gasteiger charge is 2.17. The molecule has 4 heteroatoms. The molecule has 0 aromatic carbocycles. The molecule has 2 N–H and O–H groups in total. The largest absolute Gasteiger partial charge is 0.377 e. The summed E-state index contributed by atoms with van der Waals surface area (Å²) in [4.78, 5) is 11.9. The van der Waals surface area contributed by atoms with E-state index in [1.807, 2.05) is 13.8 Å². The van der Waals surface area contributed by atoms with Crippen molar-refractivity contribution in [3.8, 4) is 0 Å². The average Bonchev–Trinajstić information content (AvgIpc) is 2.23. The highest BCUT2D eigenvalue weighted by molar-refractivity contribution is 5.81. The molecule has 1 atom stereocenters. The fourth-order valence-corrected chi connectivity index (χ4v) is 2.02. The molecule has 0 aromatic rings. The van der Waals surface area contributed by atoms with Gasteiger partial charge in [-0.2, -0.15) is 0 Å². The van der Waals surface area contributed by atoms with E-state index in [-0.39, 0.29) is 18.1 Å². The van der Waals surface area contributed by atoms with Gasteiger partial charge in [0.1, 0.15) is 0 Å². The van der Waals surface area contributed by atoms with E-state index < -0.39 is 0 Å². The predicted molar refractivity (Wildman–Crippen MR) is 69.0 cm³/mol. The lowest BCUT2D eigenvalue weighted by atomic mass is 10.0. The molecule has 0 aromatic heterocycles. The second-order valence-electron chi connectivity index (χ2n) is 4.92. The average molecular weight is 242 g/mol. The van der Waals surface area contributed by atoms with Crippen LogP contribution in [0, 0.1) is 0 Å². The molecule has 100 valence electrons. The van der Waals surface area contributed by atoms with Gasteiger partial charge in [-0.3, -0.25) is 4.79 Å². The molecule has 0 saturated carbocycles. The van der Waals surface area contributed by atoms with Crippen molar-refractivity contribution in [2.24, 2.45) is 0 Å². The molecule has 0 aliphatic carbocycles. The molecular weight excluding hydrogens is 216 g/mol. The summed E-state index contributed by atoms with van der Waals surface area (Å²) in [5.41, 5.74) is 0. The van der Waals surface area contributed by atoms with Crippen LogP contribution in [0.1, 0.15) is 46.0 Å². The van der Waals surface area contributed by atoms with Crippen LogP contribution in [-0.4, -0.2) is 37.7 Å². The molecule has 1 fully saturated rings. The summed E-state index contributed by atoms with van der Waals surface area (Å²) < 4.78 is 5.39. The number of nitrogens with one attached hydrogen (secondary N) is 2. The summed E-state index contributed by atoms with van der Waals surface area (Å²) in [6.45, 7) is 6.16. The van der Waals surface area contributed by atoms with Crippen molar-refractivity contribution in [2.45, 2.75) is 58.1 Å². The molecule has 1 unspecified atom stereocenters. The molecular formula is C13H26N2O2. The van der Waals surface area contributed by atoms with Gasteiger partial charge in [0.05, 0.1) is 18.8 Å². The molecule has 17 heavy (non-hydrogen) atoms. The number of ether oxygens (including phenoxy) is 1. The Hall–Kier alpha value is -0.610. The second-order valence-corrected chi connectivity index (χ2v) is 4.92. The molecule has 1 aliphatic heterocycles. The van der Waals surface area contributed by atoms with Gasteiger partial charge in [-0.15, -0.1) is 0 Å². The highest BCUT2D eigenvalue weighted by atomic mass is 16.5. The van der Waals surface area contributed by atoms with Gasteiger partial charge >= 0.3 is 0 Å². The minimum absolute atomic E-state index is 0.00523. The fourth-order valence-electron chi connectivity index (χ4n) is 2.02. The Labute approximate surface area is 104 Å². The fraction of sp³-hybridized carbons (Fsp3) is 0.923. The SMILES string of the molecule is CC(C)OCCNC(=O)C1CCCCCCN1. The van der Waals surface area contributed by atoms with Gasteiger partial charge in [-0.05, 0) is 33.2 Å². The van der Waals surface area contributed by atoms with E-state index in [1.54, 1.807) is 0 Å². The molecule has 0 radical (unpaired) electrons. The van der Waals surface area contributed by atoms with Gasteiger partial charge in [0, 0.05) is 6.54 Å². The van der Waals surface area contributed by atoms with Gasteiger partial charge in [-0.1, -0.05) is 19.3 Å². The van der Waals surface area contributed by atoms with Crippen molar-refractivity contribution >= 4 is 5.91 Å². The zero-order valence-corrected chi connectivity index (χ0v) is 11.1. The minimum atomic E-state index is -0.00523. The van der Waals surface area contributed by atoms with Crippen LogP contribution < -0.4 is 10.6 Å². The van der Waals surface area contributed by atoms with E-state index in [0.29, 0.717) is 13.2 Å². The molecule has 1 saturated heterocycles. The first-order chi connectivity index (χ1) is 8.20. The second kappa shape index (κ2) is 8.48. The van der Waals surface area contributed by atoms with E-state index >= 15 is 0 Å². The minimum Gasteiger partial charge on any atom is -0.377 e. The zero-order chi connectivity index (χ0) is 12.5. The van der Waals surface area contributed by atoms with Crippen LogP contribution >= 0.6 is 0 Å². The number of hydrogen-bond acceptors (Lipinski definition) is 3. The van der Waals surface area contributed by atoms with Gasteiger partial charge < -0.3 is 15.4 Å². The van der Waals surface area contributed by atoms with Crippen LogP contribution in [0.25, 0.3) is 0 Å². The number of carbonyl (C=O) groups is 1. The number of hydrogen-bond donors (Lipinski definition) is 2. The Kier molecular flexibility index (Phi) is 7.21. The summed E-state index contributed by atoms with van der Waals surface area (Å²) in [6, 6.07) is -0.00523. The lowest BCUT2D eigenvalue weighted by Crippen LogP contribution is -2.46. The molecule has 1 amide bonds. The molecule has 1 rings (SSSR count). The Balaban J connectivity index is 2.16. The van der Waals surface area contributed by atoms with Crippen LogP contribution in [0.4, 0.5) is 0 Å². The first kappa shape index (κ1) is 14.5. The summed E-state index contributed by atoms with van der Waals surface area (Å²) >= 11 is 0.